The predicted octanol–water partition coefficient (Wildman–Crippen LogP) is 2.44. The van der Waals surface area contributed by atoms with Crippen LogP contribution in [0.25, 0.3) is 0 Å². The van der Waals surface area contributed by atoms with E-state index < -0.39 is 0 Å². The van der Waals surface area contributed by atoms with Gasteiger partial charge in [-0.3, -0.25) is 0 Å². The average Bonchev–Trinajstić information content (AvgIpc) is 2.38. The number of rotatable bonds is 5. The van der Waals surface area contributed by atoms with Crippen LogP contribution in [0.1, 0.15) is 45.4 Å². The minimum absolute atomic E-state index is 0.555. The molecule has 94 valence electrons. The van der Waals surface area contributed by atoms with Crippen LogP contribution in [0.3, 0.4) is 0 Å². The molecule has 0 unspecified atom stereocenters. The number of anilines is 2. The molecular formula is C12H21N5. The van der Waals surface area contributed by atoms with Crippen molar-refractivity contribution in [3.8, 4) is 0 Å². The highest BCUT2D eigenvalue weighted by Crippen LogP contribution is 2.20. The molecule has 1 aliphatic carbocycles. The summed E-state index contributed by atoms with van der Waals surface area (Å²) in [6.45, 7) is 3.00. The Morgan fingerprint density at radius 3 is 2.88 bits per heavy atom. The van der Waals surface area contributed by atoms with Crippen molar-refractivity contribution < 1.29 is 0 Å². The van der Waals surface area contributed by atoms with Crippen LogP contribution in [-0.4, -0.2) is 27.8 Å². The summed E-state index contributed by atoms with van der Waals surface area (Å²) in [4.78, 5) is 4.41. The van der Waals surface area contributed by atoms with E-state index >= 15 is 0 Å². The molecule has 1 fully saturated rings. The lowest BCUT2D eigenvalue weighted by atomic mass is 9.96. The van der Waals surface area contributed by atoms with Gasteiger partial charge in [-0.1, -0.05) is 26.2 Å². The van der Waals surface area contributed by atoms with Crippen LogP contribution < -0.4 is 10.6 Å². The Morgan fingerprint density at radius 1 is 1.29 bits per heavy atom. The molecule has 0 amide bonds. The van der Waals surface area contributed by atoms with Crippen molar-refractivity contribution in [2.45, 2.75) is 51.5 Å². The summed E-state index contributed by atoms with van der Waals surface area (Å²) in [5.41, 5.74) is 0. The summed E-state index contributed by atoms with van der Waals surface area (Å²) in [5.74, 6) is 1.46. The van der Waals surface area contributed by atoms with E-state index in [1.807, 2.05) is 0 Å². The van der Waals surface area contributed by atoms with E-state index in [4.69, 9.17) is 0 Å². The monoisotopic (exact) mass is 235 g/mol. The summed E-state index contributed by atoms with van der Waals surface area (Å²) in [7, 11) is 0. The van der Waals surface area contributed by atoms with Gasteiger partial charge in [0.2, 0.25) is 5.95 Å². The summed E-state index contributed by atoms with van der Waals surface area (Å²) >= 11 is 0. The number of nitrogens with one attached hydrogen (secondary N) is 2. The lowest BCUT2D eigenvalue weighted by Gasteiger charge is -2.23. The van der Waals surface area contributed by atoms with Crippen molar-refractivity contribution >= 4 is 11.8 Å². The second kappa shape index (κ2) is 6.37. The fourth-order valence-electron chi connectivity index (χ4n) is 2.14. The van der Waals surface area contributed by atoms with Gasteiger partial charge in [0.25, 0.3) is 0 Å². The maximum atomic E-state index is 4.41. The molecular weight excluding hydrogens is 214 g/mol. The summed E-state index contributed by atoms with van der Waals surface area (Å²) in [6, 6.07) is 0.555. The van der Waals surface area contributed by atoms with Gasteiger partial charge in [0.05, 0.1) is 6.20 Å². The van der Waals surface area contributed by atoms with E-state index in [0.717, 1.165) is 18.8 Å². The highest BCUT2D eigenvalue weighted by molar-refractivity contribution is 5.37. The predicted molar refractivity (Wildman–Crippen MR) is 69.1 cm³/mol. The zero-order valence-electron chi connectivity index (χ0n) is 10.4. The number of aromatic nitrogens is 3. The smallest absolute Gasteiger partial charge is 0.244 e. The summed E-state index contributed by atoms with van der Waals surface area (Å²) < 4.78 is 0. The zero-order valence-corrected chi connectivity index (χ0v) is 10.4. The van der Waals surface area contributed by atoms with Gasteiger partial charge in [0.1, 0.15) is 0 Å². The molecule has 1 aromatic heterocycles. The average molecular weight is 235 g/mol. The fourth-order valence-corrected chi connectivity index (χ4v) is 2.14. The van der Waals surface area contributed by atoms with Crippen LogP contribution in [0, 0.1) is 0 Å². The molecule has 1 aromatic rings. The lowest BCUT2D eigenvalue weighted by molar-refractivity contribution is 0.461. The van der Waals surface area contributed by atoms with Crippen LogP contribution in [0.5, 0.6) is 0 Å². The summed E-state index contributed by atoms with van der Waals surface area (Å²) in [6.07, 6.45) is 9.23. The van der Waals surface area contributed by atoms with Gasteiger partial charge in [-0.05, 0) is 19.3 Å². The minimum atomic E-state index is 0.555. The SMILES string of the molecule is CCCNc1nncc(NC2CCCCC2)n1. The van der Waals surface area contributed by atoms with Crippen LogP contribution >= 0.6 is 0 Å². The van der Waals surface area contributed by atoms with E-state index in [1.54, 1.807) is 6.20 Å². The van der Waals surface area contributed by atoms with Gasteiger partial charge in [-0.15, -0.1) is 5.10 Å². The van der Waals surface area contributed by atoms with Gasteiger partial charge in [-0.25, -0.2) is 0 Å². The first-order chi connectivity index (χ1) is 8.38. The molecule has 0 aromatic carbocycles. The second-order valence-corrected chi connectivity index (χ2v) is 4.57. The topological polar surface area (TPSA) is 62.7 Å². The van der Waals surface area contributed by atoms with Crippen molar-refractivity contribution in [2.75, 3.05) is 17.2 Å². The molecule has 0 aliphatic heterocycles. The Hall–Kier alpha value is -1.39. The molecule has 1 aliphatic rings. The maximum Gasteiger partial charge on any atom is 0.244 e. The molecule has 2 rings (SSSR count). The Morgan fingerprint density at radius 2 is 2.12 bits per heavy atom. The van der Waals surface area contributed by atoms with E-state index in [0.29, 0.717) is 12.0 Å². The van der Waals surface area contributed by atoms with Crippen LogP contribution in [0.15, 0.2) is 6.20 Å². The Kier molecular flexibility index (Phi) is 4.53. The molecule has 5 heteroatoms. The minimum Gasteiger partial charge on any atom is -0.366 e. The standard InChI is InChI=1S/C12H21N5/c1-2-8-13-12-16-11(9-14-17-12)15-10-6-4-3-5-7-10/h9-10H,2-8H2,1H3,(H2,13,15,16,17). The molecule has 5 nitrogen and oxygen atoms in total. The highest BCUT2D eigenvalue weighted by Gasteiger charge is 2.13. The Labute approximate surface area is 102 Å². The van der Waals surface area contributed by atoms with Crippen molar-refractivity contribution in [3.63, 3.8) is 0 Å². The van der Waals surface area contributed by atoms with Crippen molar-refractivity contribution in [1.29, 1.82) is 0 Å². The third-order valence-electron chi connectivity index (χ3n) is 3.05. The van der Waals surface area contributed by atoms with Gasteiger partial charge in [-0.2, -0.15) is 10.1 Å². The molecule has 1 saturated carbocycles. The summed E-state index contributed by atoms with van der Waals surface area (Å²) in [5, 5.41) is 14.5. The van der Waals surface area contributed by atoms with Gasteiger partial charge in [0.15, 0.2) is 5.82 Å². The quantitative estimate of drug-likeness (QED) is 0.820. The van der Waals surface area contributed by atoms with Crippen LogP contribution in [0.2, 0.25) is 0 Å². The molecule has 17 heavy (non-hydrogen) atoms. The van der Waals surface area contributed by atoms with Gasteiger partial charge >= 0.3 is 0 Å². The lowest BCUT2D eigenvalue weighted by Crippen LogP contribution is -2.23. The third-order valence-corrected chi connectivity index (χ3v) is 3.05. The van der Waals surface area contributed by atoms with Gasteiger partial charge in [0, 0.05) is 12.6 Å². The number of hydrogen-bond acceptors (Lipinski definition) is 5. The third kappa shape index (κ3) is 3.84. The Balaban J connectivity index is 1.90. The number of nitrogens with zero attached hydrogens (tertiary/aromatic N) is 3. The van der Waals surface area contributed by atoms with Crippen LogP contribution in [0.4, 0.5) is 11.8 Å². The molecule has 2 N–H and O–H groups in total. The van der Waals surface area contributed by atoms with E-state index in [2.05, 4.69) is 32.7 Å². The second-order valence-electron chi connectivity index (χ2n) is 4.57. The molecule has 0 spiro atoms. The first kappa shape index (κ1) is 12.1. The maximum absolute atomic E-state index is 4.41. The van der Waals surface area contributed by atoms with Crippen molar-refractivity contribution in [1.82, 2.24) is 15.2 Å². The van der Waals surface area contributed by atoms with Gasteiger partial charge < -0.3 is 10.6 Å². The largest absolute Gasteiger partial charge is 0.366 e. The molecule has 0 bridgehead atoms. The fraction of sp³-hybridized carbons (Fsp3) is 0.750. The molecule has 1 heterocycles. The normalized spacial score (nSPS) is 16.8. The highest BCUT2D eigenvalue weighted by atomic mass is 15.3. The first-order valence-electron chi connectivity index (χ1n) is 6.58. The van der Waals surface area contributed by atoms with Crippen molar-refractivity contribution in [3.05, 3.63) is 6.20 Å². The van der Waals surface area contributed by atoms with E-state index in [1.165, 1.54) is 32.1 Å². The van der Waals surface area contributed by atoms with Crippen molar-refractivity contribution in [2.24, 2.45) is 0 Å². The molecule has 0 saturated heterocycles. The van der Waals surface area contributed by atoms with Crippen LogP contribution in [-0.2, 0) is 0 Å². The van der Waals surface area contributed by atoms with E-state index in [-0.39, 0.29) is 0 Å². The zero-order chi connectivity index (χ0) is 11.9. The molecule has 0 radical (unpaired) electrons. The van der Waals surface area contributed by atoms with E-state index in [9.17, 15) is 0 Å². The molecule has 0 atom stereocenters. The first-order valence-corrected chi connectivity index (χ1v) is 6.58. The Bertz CT molecular complexity index is 335. The number of hydrogen-bond donors (Lipinski definition) is 2.